The fourth-order valence-electron chi connectivity index (χ4n) is 2.04. The lowest BCUT2D eigenvalue weighted by Crippen LogP contribution is -2.22. The highest BCUT2D eigenvalue weighted by Gasteiger charge is 2.16. The summed E-state index contributed by atoms with van der Waals surface area (Å²) in [4.78, 5) is 25.3. The molecule has 7 heteroatoms. The highest BCUT2D eigenvalue weighted by Crippen LogP contribution is 2.23. The summed E-state index contributed by atoms with van der Waals surface area (Å²) in [5.41, 5.74) is 2.19. The first-order chi connectivity index (χ1) is 12.1. The minimum Gasteiger partial charge on any atom is -0.325 e. The number of benzene rings is 1. The number of pyridine rings is 1. The number of amides is 1. The van der Waals surface area contributed by atoms with Gasteiger partial charge in [0.15, 0.2) is 5.16 Å². The van der Waals surface area contributed by atoms with Crippen LogP contribution in [0.3, 0.4) is 0 Å². The molecule has 0 aliphatic carbocycles. The number of carbonyl (C=O) groups excluding carboxylic acids is 1. The van der Waals surface area contributed by atoms with Crippen molar-refractivity contribution in [3.63, 3.8) is 0 Å². The van der Waals surface area contributed by atoms with Crippen LogP contribution in [0.25, 0.3) is 11.4 Å². The smallest absolute Gasteiger partial charge is 0.237 e. The van der Waals surface area contributed by atoms with Crippen LogP contribution in [0, 0.1) is 0 Å². The van der Waals surface area contributed by atoms with Crippen molar-refractivity contribution in [3.8, 4) is 11.4 Å². The Labute approximate surface area is 154 Å². The lowest BCUT2D eigenvalue weighted by molar-refractivity contribution is -0.115. The third-order valence-corrected chi connectivity index (χ3v) is 4.55. The van der Waals surface area contributed by atoms with Crippen molar-refractivity contribution in [3.05, 3.63) is 65.9 Å². The van der Waals surface area contributed by atoms with Crippen LogP contribution in [0.4, 0.5) is 5.69 Å². The zero-order valence-corrected chi connectivity index (χ0v) is 15.0. The molecule has 1 amide bonds. The van der Waals surface area contributed by atoms with Gasteiger partial charge in [0.25, 0.3) is 0 Å². The minimum absolute atomic E-state index is 0.126. The number of thioether (sulfide) groups is 1. The number of hydrogen-bond donors (Lipinski definition) is 1. The molecule has 1 unspecified atom stereocenters. The van der Waals surface area contributed by atoms with Crippen LogP contribution in [0.15, 0.2) is 66.1 Å². The van der Waals surface area contributed by atoms with E-state index in [9.17, 15) is 4.79 Å². The van der Waals surface area contributed by atoms with E-state index in [1.165, 1.54) is 11.8 Å². The molecule has 0 fully saturated rings. The highest BCUT2D eigenvalue weighted by atomic mass is 35.5. The molecule has 5 nitrogen and oxygen atoms in total. The first kappa shape index (κ1) is 17.4. The van der Waals surface area contributed by atoms with Gasteiger partial charge >= 0.3 is 0 Å². The summed E-state index contributed by atoms with van der Waals surface area (Å²) in [6, 6.07) is 14.4. The Kier molecular flexibility index (Phi) is 5.63. The molecular weight excluding hydrogens is 356 g/mol. The van der Waals surface area contributed by atoms with Gasteiger partial charge in [0, 0.05) is 23.1 Å². The summed E-state index contributed by atoms with van der Waals surface area (Å²) in [6.45, 7) is 1.81. The maximum atomic E-state index is 12.3. The van der Waals surface area contributed by atoms with Gasteiger partial charge < -0.3 is 5.32 Å². The molecule has 0 aliphatic heterocycles. The summed E-state index contributed by atoms with van der Waals surface area (Å²) in [5, 5.41) is 3.65. The number of hydrogen-bond acceptors (Lipinski definition) is 5. The molecule has 2 heterocycles. The van der Waals surface area contributed by atoms with Gasteiger partial charge in [-0.15, -0.1) is 0 Å². The second-order valence-electron chi connectivity index (χ2n) is 5.20. The van der Waals surface area contributed by atoms with Gasteiger partial charge in [0.1, 0.15) is 0 Å². The van der Waals surface area contributed by atoms with Crippen molar-refractivity contribution in [1.29, 1.82) is 0 Å². The summed E-state index contributed by atoms with van der Waals surface area (Å²) in [5.74, 6) is -0.126. The molecule has 2 aromatic heterocycles. The number of carbonyl (C=O) groups is 1. The third kappa shape index (κ3) is 4.78. The summed E-state index contributed by atoms with van der Waals surface area (Å²) >= 11 is 7.14. The van der Waals surface area contributed by atoms with E-state index in [0.29, 0.717) is 15.9 Å². The van der Waals surface area contributed by atoms with E-state index in [0.717, 1.165) is 11.4 Å². The maximum Gasteiger partial charge on any atom is 0.237 e. The number of halogens is 1. The van der Waals surface area contributed by atoms with Gasteiger partial charge in [-0.25, -0.2) is 9.97 Å². The Morgan fingerprint density at radius 3 is 2.56 bits per heavy atom. The fourth-order valence-corrected chi connectivity index (χ4v) is 2.92. The second kappa shape index (κ2) is 8.09. The SMILES string of the molecule is CC(Sc1nccc(-c2ccccn2)n1)C(=O)Nc1ccc(Cl)cc1. The highest BCUT2D eigenvalue weighted by molar-refractivity contribution is 8.00. The lowest BCUT2D eigenvalue weighted by atomic mass is 10.3. The van der Waals surface area contributed by atoms with Gasteiger partial charge in [-0.3, -0.25) is 9.78 Å². The quantitative estimate of drug-likeness (QED) is 0.535. The van der Waals surface area contributed by atoms with Gasteiger partial charge in [0.2, 0.25) is 5.91 Å². The zero-order valence-electron chi connectivity index (χ0n) is 13.4. The largest absolute Gasteiger partial charge is 0.325 e. The van der Waals surface area contributed by atoms with E-state index >= 15 is 0 Å². The Bertz CT molecular complexity index is 858. The molecule has 126 valence electrons. The molecule has 0 aliphatic rings. The molecule has 25 heavy (non-hydrogen) atoms. The van der Waals surface area contributed by atoms with Gasteiger partial charge in [-0.2, -0.15) is 0 Å². The molecular formula is C18H15ClN4OS. The molecule has 0 bridgehead atoms. The molecule has 3 aromatic rings. The van der Waals surface area contributed by atoms with E-state index in [1.807, 2.05) is 25.1 Å². The monoisotopic (exact) mass is 370 g/mol. The molecule has 0 saturated carbocycles. The lowest BCUT2D eigenvalue weighted by Gasteiger charge is -2.11. The Morgan fingerprint density at radius 2 is 1.84 bits per heavy atom. The summed E-state index contributed by atoms with van der Waals surface area (Å²) in [6.07, 6.45) is 3.38. The third-order valence-electron chi connectivity index (χ3n) is 3.32. The van der Waals surface area contributed by atoms with Crippen molar-refractivity contribution in [2.75, 3.05) is 5.32 Å². The van der Waals surface area contributed by atoms with E-state index in [4.69, 9.17) is 11.6 Å². The Hall–Kier alpha value is -2.44. The molecule has 1 N–H and O–H groups in total. The summed E-state index contributed by atoms with van der Waals surface area (Å²) in [7, 11) is 0. The van der Waals surface area contributed by atoms with Crippen molar-refractivity contribution >= 4 is 35.0 Å². The second-order valence-corrected chi connectivity index (χ2v) is 6.94. The predicted octanol–water partition coefficient (Wildman–Crippen LogP) is 4.31. The van der Waals surface area contributed by atoms with Crippen LogP contribution < -0.4 is 5.32 Å². The van der Waals surface area contributed by atoms with Crippen LogP contribution in [0.2, 0.25) is 5.02 Å². The van der Waals surface area contributed by atoms with Crippen LogP contribution in [-0.2, 0) is 4.79 Å². The van der Waals surface area contributed by atoms with Crippen molar-refractivity contribution in [2.24, 2.45) is 0 Å². The minimum atomic E-state index is -0.352. The maximum absolute atomic E-state index is 12.3. The van der Waals surface area contributed by atoms with E-state index in [-0.39, 0.29) is 11.2 Å². The average Bonchev–Trinajstić information content (AvgIpc) is 2.64. The molecule has 1 atom stereocenters. The molecule has 3 rings (SSSR count). The zero-order chi connectivity index (χ0) is 17.6. The molecule has 1 aromatic carbocycles. The van der Waals surface area contributed by atoms with Gasteiger partial charge in [0.05, 0.1) is 16.6 Å². The van der Waals surface area contributed by atoms with Crippen molar-refractivity contribution in [2.45, 2.75) is 17.3 Å². The van der Waals surface area contributed by atoms with Gasteiger partial charge in [-0.1, -0.05) is 29.4 Å². The van der Waals surface area contributed by atoms with Crippen LogP contribution >= 0.6 is 23.4 Å². The van der Waals surface area contributed by atoms with Crippen LogP contribution in [0.1, 0.15) is 6.92 Å². The predicted molar refractivity (Wildman–Crippen MR) is 101 cm³/mol. The van der Waals surface area contributed by atoms with Crippen molar-refractivity contribution < 1.29 is 4.79 Å². The Balaban J connectivity index is 1.67. The number of nitrogens with one attached hydrogen (secondary N) is 1. The molecule has 0 radical (unpaired) electrons. The topological polar surface area (TPSA) is 67.8 Å². The first-order valence-electron chi connectivity index (χ1n) is 7.59. The number of nitrogens with zero attached hydrogens (tertiary/aromatic N) is 3. The fraction of sp³-hybridized carbons (Fsp3) is 0.111. The van der Waals surface area contributed by atoms with Crippen molar-refractivity contribution in [1.82, 2.24) is 15.0 Å². The number of aromatic nitrogens is 3. The van der Waals surface area contributed by atoms with Gasteiger partial charge in [-0.05, 0) is 49.4 Å². The van der Waals surface area contributed by atoms with Crippen LogP contribution in [-0.4, -0.2) is 26.1 Å². The first-order valence-corrected chi connectivity index (χ1v) is 8.85. The summed E-state index contributed by atoms with van der Waals surface area (Å²) < 4.78 is 0. The van der Waals surface area contributed by atoms with E-state index in [1.54, 1.807) is 42.7 Å². The number of rotatable bonds is 5. The molecule has 0 saturated heterocycles. The van der Waals surface area contributed by atoms with E-state index < -0.39 is 0 Å². The standard InChI is InChI=1S/C18H15ClN4OS/c1-12(17(24)22-14-7-5-13(19)6-8-14)25-18-21-11-9-16(23-18)15-4-2-3-10-20-15/h2-12H,1H3,(H,22,24). The average molecular weight is 371 g/mol. The van der Waals surface area contributed by atoms with E-state index in [2.05, 4.69) is 20.3 Å². The normalized spacial score (nSPS) is 11.8. The number of anilines is 1. The van der Waals surface area contributed by atoms with Crippen LogP contribution in [0.5, 0.6) is 0 Å². The Morgan fingerprint density at radius 1 is 1.04 bits per heavy atom. The molecule has 0 spiro atoms.